The second-order valence-corrected chi connectivity index (χ2v) is 6.72. The van der Waals surface area contributed by atoms with Crippen LogP contribution >= 0.6 is 0 Å². The molecule has 0 atom stereocenters. The molecule has 112 valence electrons. The Labute approximate surface area is 121 Å². The van der Waals surface area contributed by atoms with E-state index in [1.54, 1.807) is 12.1 Å². The van der Waals surface area contributed by atoms with E-state index in [4.69, 9.17) is 0 Å². The first-order chi connectivity index (χ1) is 9.34. The molecule has 1 aromatic rings. The molecule has 5 nitrogen and oxygen atoms in total. The average molecular weight is 298 g/mol. The van der Waals surface area contributed by atoms with Crippen molar-refractivity contribution in [2.45, 2.75) is 26.7 Å². The molecule has 0 saturated carbocycles. The Bertz CT molecular complexity index is 538. The standard InChI is InChI=1S/C14H22N2O3S/c1-4-5-10-15-14(17)11-16(20(3,18)19)13-8-6-12(2)7-9-13/h6-9H,4-5,10-11H2,1-3H3,(H,15,17). The Hall–Kier alpha value is -1.56. The lowest BCUT2D eigenvalue weighted by molar-refractivity contribution is -0.119. The maximum Gasteiger partial charge on any atom is 0.240 e. The first kappa shape index (κ1) is 16.5. The summed E-state index contributed by atoms with van der Waals surface area (Å²) in [5.74, 6) is -0.288. The van der Waals surface area contributed by atoms with Gasteiger partial charge in [0.25, 0.3) is 0 Å². The van der Waals surface area contributed by atoms with Crippen LogP contribution in [0.5, 0.6) is 0 Å². The normalized spacial score (nSPS) is 11.2. The van der Waals surface area contributed by atoms with Crippen LogP contribution in [-0.4, -0.2) is 33.7 Å². The zero-order valence-corrected chi connectivity index (χ0v) is 13.0. The van der Waals surface area contributed by atoms with Crippen molar-refractivity contribution in [3.63, 3.8) is 0 Å². The van der Waals surface area contributed by atoms with Crippen LogP contribution in [0.1, 0.15) is 25.3 Å². The quantitative estimate of drug-likeness (QED) is 0.779. The molecule has 0 unspecified atom stereocenters. The van der Waals surface area contributed by atoms with Gasteiger partial charge < -0.3 is 5.32 Å². The second kappa shape index (κ2) is 7.28. The Balaban J connectivity index is 2.81. The van der Waals surface area contributed by atoms with Gasteiger partial charge in [0.15, 0.2) is 0 Å². The Morgan fingerprint density at radius 3 is 2.35 bits per heavy atom. The lowest BCUT2D eigenvalue weighted by Crippen LogP contribution is -2.40. The summed E-state index contributed by atoms with van der Waals surface area (Å²) in [7, 11) is -3.48. The lowest BCUT2D eigenvalue weighted by atomic mass is 10.2. The number of hydrogen-bond acceptors (Lipinski definition) is 3. The van der Waals surface area contributed by atoms with Crippen molar-refractivity contribution in [3.8, 4) is 0 Å². The van der Waals surface area contributed by atoms with Gasteiger partial charge in [-0.3, -0.25) is 9.10 Å². The molecular formula is C14H22N2O3S. The SMILES string of the molecule is CCCCNC(=O)CN(c1ccc(C)cc1)S(C)(=O)=O. The summed E-state index contributed by atoms with van der Waals surface area (Å²) in [4.78, 5) is 11.8. The zero-order valence-electron chi connectivity index (χ0n) is 12.2. The van der Waals surface area contributed by atoms with Gasteiger partial charge >= 0.3 is 0 Å². The van der Waals surface area contributed by atoms with E-state index < -0.39 is 10.0 Å². The Morgan fingerprint density at radius 2 is 1.85 bits per heavy atom. The molecule has 0 aliphatic rings. The van der Waals surface area contributed by atoms with Crippen molar-refractivity contribution in [1.82, 2.24) is 5.32 Å². The third-order valence-electron chi connectivity index (χ3n) is 2.86. The molecule has 0 bridgehead atoms. The van der Waals surface area contributed by atoms with Crippen LogP contribution in [0.4, 0.5) is 5.69 Å². The van der Waals surface area contributed by atoms with Crippen LogP contribution in [0.15, 0.2) is 24.3 Å². The van der Waals surface area contributed by atoms with E-state index in [9.17, 15) is 13.2 Å². The van der Waals surface area contributed by atoms with E-state index in [1.165, 1.54) is 0 Å². The molecule has 0 saturated heterocycles. The molecule has 0 fully saturated rings. The van der Waals surface area contributed by atoms with Crippen molar-refractivity contribution in [1.29, 1.82) is 0 Å². The van der Waals surface area contributed by atoms with Crippen molar-refractivity contribution >= 4 is 21.6 Å². The van der Waals surface area contributed by atoms with E-state index in [1.807, 2.05) is 26.0 Å². The smallest absolute Gasteiger partial charge is 0.240 e. The molecule has 20 heavy (non-hydrogen) atoms. The van der Waals surface area contributed by atoms with Crippen LogP contribution in [0.2, 0.25) is 0 Å². The van der Waals surface area contributed by atoms with Gasteiger partial charge in [0.05, 0.1) is 11.9 Å². The predicted molar refractivity (Wildman–Crippen MR) is 81.3 cm³/mol. The molecule has 0 heterocycles. The monoisotopic (exact) mass is 298 g/mol. The highest BCUT2D eigenvalue weighted by Crippen LogP contribution is 2.17. The van der Waals surface area contributed by atoms with E-state index in [-0.39, 0.29) is 12.5 Å². The van der Waals surface area contributed by atoms with Crippen molar-refractivity contribution < 1.29 is 13.2 Å². The summed E-state index contributed by atoms with van der Waals surface area (Å²) in [6.45, 7) is 4.33. The van der Waals surface area contributed by atoms with E-state index in [0.29, 0.717) is 12.2 Å². The van der Waals surface area contributed by atoms with Crippen molar-refractivity contribution in [2.75, 3.05) is 23.7 Å². The number of amides is 1. The number of sulfonamides is 1. The highest BCUT2D eigenvalue weighted by Gasteiger charge is 2.20. The third-order valence-corrected chi connectivity index (χ3v) is 4.00. The molecule has 1 rings (SSSR count). The molecule has 0 aliphatic heterocycles. The number of unbranched alkanes of at least 4 members (excludes halogenated alkanes) is 1. The van der Waals surface area contributed by atoms with Gasteiger partial charge in [-0.2, -0.15) is 0 Å². The lowest BCUT2D eigenvalue weighted by Gasteiger charge is -2.22. The third kappa shape index (κ3) is 5.21. The van der Waals surface area contributed by atoms with Gasteiger partial charge in [-0.05, 0) is 25.5 Å². The van der Waals surface area contributed by atoms with Crippen molar-refractivity contribution in [2.24, 2.45) is 0 Å². The number of carbonyl (C=O) groups is 1. The van der Waals surface area contributed by atoms with Crippen LogP contribution in [0.3, 0.4) is 0 Å². The summed E-state index contributed by atoms with van der Waals surface area (Å²) in [5.41, 5.74) is 1.54. The van der Waals surface area contributed by atoms with E-state index >= 15 is 0 Å². The van der Waals surface area contributed by atoms with Crippen LogP contribution < -0.4 is 9.62 Å². The Morgan fingerprint density at radius 1 is 1.25 bits per heavy atom. The minimum Gasteiger partial charge on any atom is -0.355 e. The molecule has 0 radical (unpaired) electrons. The number of nitrogens with zero attached hydrogens (tertiary/aromatic N) is 1. The van der Waals surface area contributed by atoms with E-state index in [2.05, 4.69) is 5.32 Å². The number of hydrogen-bond donors (Lipinski definition) is 1. The summed E-state index contributed by atoms with van der Waals surface area (Å²) in [5, 5.41) is 2.72. The summed E-state index contributed by atoms with van der Waals surface area (Å²) < 4.78 is 24.8. The fraction of sp³-hybridized carbons (Fsp3) is 0.500. The second-order valence-electron chi connectivity index (χ2n) is 4.81. The molecule has 0 spiro atoms. The minimum absolute atomic E-state index is 0.189. The van der Waals surface area contributed by atoms with Gasteiger partial charge in [0, 0.05) is 6.54 Å². The van der Waals surface area contributed by atoms with Gasteiger partial charge in [0.1, 0.15) is 6.54 Å². The average Bonchev–Trinajstić information content (AvgIpc) is 2.36. The minimum atomic E-state index is -3.48. The Kier molecular flexibility index (Phi) is 6.01. The van der Waals surface area contributed by atoms with E-state index in [0.717, 1.165) is 29.0 Å². The summed E-state index contributed by atoms with van der Waals surface area (Å²) in [6, 6.07) is 7.05. The number of carbonyl (C=O) groups excluding carboxylic acids is 1. The fourth-order valence-electron chi connectivity index (χ4n) is 1.70. The first-order valence-corrected chi connectivity index (χ1v) is 8.50. The van der Waals surface area contributed by atoms with Crippen LogP contribution in [0, 0.1) is 6.92 Å². The highest BCUT2D eigenvalue weighted by molar-refractivity contribution is 7.92. The molecule has 0 aromatic heterocycles. The number of anilines is 1. The van der Waals surface area contributed by atoms with Crippen molar-refractivity contribution in [3.05, 3.63) is 29.8 Å². The molecule has 0 aliphatic carbocycles. The zero-order chi connectivity index (χ0) is 15.2. The van der Waals surface area contributed by atoms with Crippen LogP contribution in [0.25, 0.3) is 0 Å². The largest absolute Gasteiger partial charge is 0.355 e. The summed E-state index contributed by atoms with van der Waals surface area (Å²) >= 11 is 0. The van der Waals surface area contributed by atoms with Gasteiger partial charge in [-0.1, -0.05) is 31.0 Å². The number of benzene rings is 1. The molecule has 1 N–H and O–H groups in total. The molecular weight excluding hydrogens is 276 g/mol. The van der Waals surface area contributed by atoms with Gasteiger partial charge in [-0.25, -0.2) is 8.42 Å². The van der Waals surface area contributed by atoms with Crippen LogP contribution in [-0.2, 0) is 14.8 Å². The topological polar surface area (TPSA) is 66.5 Å². The maximum absolute atomic E-state index is 11.8. The number of nitrogens with one attached hydrogen (secondary N) is 1. The molecule has 1 amide bonds. The summed E-state index contributed by atoms with van der Waals surface area (Å²) in [6.07, 6.45) is 2.97. The number of aryl methyl sites for hydroxylation is 1. The van der Waals surface area contributed by atoms with Gasteiger partial charge in [0.2, 0.25) is 15.9 Å². The number of rotatable bonds is 7. The van der Waals surface area contributed by atoms with Gasteiger partial charge in [-0.15, -0.1) is 0 Å². The predicted octanol–water partition coefficient (Wildman–Crippen LogP) is 1.68. The molecule has 1 aromatic carbocycles. The molecule has 6 heteroatoms. The fourth-order valence-corrected chi connectivity index (χ4v) is 2.56. The maximum atomic E-state index is 11.8. The first-order valence-electron chi connectivity index (χ1n) is 6.65. The highest BCUT2D eigenvalue weighted by atomic mass is 32.2.